The van der Waals surface area contributed by atoms with Gasteiger partial charge in [0.2, 0.25) is 0 Å². The van der Waals surface area contributed by atoms with Crippen molar-refractivity contribution in [2.45, 2.75) is 43.5 Å². The third-order valence-corrected chi connectivity index (χ3v) is 5.79. The highest BCUT2D eigenvalue weighted by molar-refractivity contribution is 9.10. The molecule has 1 aromatic carbocycles. The highest BCUT2D eigenvalue weighted by Crippen LogP contribution is 2.30. The lowest BCUT2D eigenvalue weighted by Gasteiger charge is -2.31. The quantitative estimate of drug-likeness (QED) is 0.911. The van der Waals surface area contributed by atoms with Gasteiger partial charge in [-0.3, -0.25) is 0 Å². The van der Waals surface area contributed by atoms with E-state index in [9.17, 15) is 13.5 Å². The maximum absolute atomic E-state index is 12.2. The van der Waals surface area contributed by atoms with Gasteiger partial charge in [0.1, 0.15) is 0 Å². The highest BCUT2D eigenvalue weighted by Gasteiger charge is 2.34. The van der Waals surface area contributed by atoms with Crippen LogP contribution in [0, 0.1) is 0 Å². The summed E-state index contributed by atoms with van der Waals surface area (Å²) in [7, 11) is -3.28. The highest BCUT2D eigenvalue weighted by atomic mass is 79.9. The van der Waals surface area contributed by atoms with Crippen LogP contribution in [-0.2, 0) is 15.6 Å². The summed E-state index contributed by atoms with van der Waals surface area (Å²) in [6, 6.07) is 7.30. The maximum Gasteiger partial charge on any atom is 0.157 e. The van der Waals surface area contributed by atoms with Crippen molar-refractivity contribution >= 4 is 25.8 Å². The van der Waals surface area contributed by atoms with Crippen molar-refractivity contribution in [3.05, 3.63) is 34.3 Å². The van der Waals surface area contributed by atoms with E-state index in [1.54, 1.807) is 6.07 Å². The molecule has 1 aliphatic rings. The monoisotopic (exact) mass is 346 g/mol. The zero-order chi connectivity index (χ0) is 13.9. The summed E-state index contributed by atoms with van der Waals surface area (Å²) in [5.41, 5.74) is -0.253. The zero-order valence-corrected chi connectivity index (χ0v) is 13.2. The van der Waals surface area contributed by atoms with E-state index in [0.717, 1.165) is 29.3 Å². The number of hydrogen-bond donors (Lipinski definition) is 1. The molecule has 1 saturated carbocycles. The van der Waals surface area contributed by atoms with Crippen molar-refractivity contribution in [1.82, 2.24) is 0 Å². The minimum Gasteiger partial charge on any atom is -0.389 e. The molecule has 1 aliphatic carbocycles. The number of hydrogen-bond acceptors (Lipinski definition) is 3. The Balaban J connectivity index is 2.06. The number of aliphatic hydroxyl groups is 1. The average Bonchev–Trinajstić information content (AvgIpc) is 2.27. The number of halogens is 1. The molecule has 0 amide bonds. The minimum atomic E-state index is -3.28. The molecule has 0 atom stereocenters. The second-order valence-electron chi connectivity index (χ2n) is 5.45. The smallest absolute Gasteiger partial charge is 0.157 e. The third kappa shape index (κ3) is 4.58. The lowest BCUT2D eigenvalue weighted by Crippen LogP contribution is -2.39. The Morgan fingerprint density at radius 3 is 2.53 bits per heavy atom. The largest absolute Gasteiger partial charge is 0.389 e. The zero-order valence-electron chi connectivity index (χ0n) is 10.8. The molecule has 1 fully saturated rings. The van der Waals surface area contributed by atoms with Gasteiger partial charge in [-0.1, -0.05) is 47.3 Å². The lowest BCUT2D eigenvalue weighted by molar-refractivity contribution is 0.0257. The van der Waals surface area contributed by atoms with Gasteiger partial charge in [-0.15, -0.1) is 0 Å². The topological polar surface area (TPSA) is 54.4 Å². The van der Waals surface area contributed by atoms with Crippen LogP contribution in [0.1, 0.15) is 37.7 Å². The van der Waals surface area contributed by atoms with Crippen molar-refractivity contribution in [3.8, 4) is 0 Å². The molecule has 0 bridgehead atoms. The molecule has 0 heterocycles. The molecular weight excluding hydrogens is 328 g/mol. The van der Waals surface area contributed by atoms with E-state index in [-0.39, 0.29) is 11.5 Å². The molecule has 0 saturated heterocycles. The maximum atomic E-state index is 12.2. The number of benzene rings is 1. The van der Waals surface area contributed by atoms with Crippen LogP contribution in [0.4, 0.5) is 0 Å². The van der Waals surface area contributed by atoms with Gasteiger partial charge in [0.05, 0.1) is 17.1 Å². The molecule has 106 valence electrons. The Hall–Kier alpha value is -0.390. The summed E-state index contributed by atoms with van der Waals surface area (Å²) in [6.45, 7) is 0. The second-order valence-corrected chi connectivity index (χ2v) is 8.43. The van der Waals surface area contributed by atoms with E-state index in [0.29, 0.717) is 12.8 Å². The van der Waals surface area contributed by atoms with E-state index >= 15 is 0 Å². The second kappa shape index (κ2) is 5.94. The van der Waals surface area contributed by atoms with Gasteiger partial charge in [-0.25, -0.2) is 8.42 Å². The summed E-state index contributed by atoms with van der Waals surface area (Å²) in [4.78, 5) is 0. The average molecular weight is 347 g/mol. The van der Waals surface area contributed by atoms with Crippen LogP contribution in [-0.4, -0.2) is 24.9 Å². The van der Waals surface area contributed by atoms with E-state index < -0.39 is 15.4 Å². The molecule has 1 aromatic rings. The molecule has 0 spiro atoms. The first-order valence-electron chi connectivity index (χ1n) is 6.56. The standard InChI is InChI=1S/C14H19BrO3S/c15-13-6-4-5-12(9-13)10-19(17,18)11-14(16)7-2-1-3-8-14/h4-6,9,16H,1-3,7-8,10-11H2. The molecule has 3 nitrogen and oxygen atoms in total. The number of rotatable bonds is 4. The first-order chi connectivity index (χ1) is 8.89. The van der Waals surface area contributed by atoms with E-state index in [4.69, 9.17) is 0 Å². The van der Waals surface area contributed by atoms with Crippen LogP contribution in [0.3, 0.4) is 0 Å². The summed E-state index contributed by atoms with van der Waals surface area (Å²) in [6.07, 6.45) is 4.13. The van der Waals surface area contributed by atoms with Gasteiger partial charge in [-0.05, 0) is 30.5 Å². The first-order valence-corrected chi connectivity index (χ1v) is 9.17. The summed E-state index contributed by atoms with van der Waals surface area (Å²) in [5.74, 6) is -0.124. The molecule has 2 rings (SSSR count). The first kappa shape index (κ1) is 15.0. The fourth-order valence-electron chi connectivity index (χ4n) is 2.70. The van der Waals surface area contributed by atoms with Crippen LogP contribution in [0.25, 0.3) is 0 Å². The van der Waals surface area contributed by atoms with Crippen molar-refractivity contribution in [1.29, 1.82) is 0 Å². The van der Waals surface area contributed by atoms with E-state index in [1.165, 1.54) is 0 Å². The summed E-state index contributed by atoms with van der Waals surface area (Å²) < 4.78 is 25.3. The summed E-state index contributed by atoms with van der Waals surface area (Å²) in [5, 5.41) is 10.4. The molecule has 1 N–H and O–H groups in total. The van der Waals surface area contributed by atoms with Crippen LogP contribution >= 0.6 is 15.9 Å². The van der Waals surface area contributed by atoms with Crippen molar-refractivity contribution in [3.63, 3.8) is 0 Å². The van der Waals surface area contributed by atoms with E-state index in [1.807, 2.05) is 18.2 Å². The summed E-state index contributed by atoms with van der Waals surface area (Å²) >= 11 is 3.33. The van der Waals surface area contributed by atoms with Gasteiger partial charge in [-0.2, -0.15) is 0 Å². The third-order valence-electron chi connectivity index (χ3n) is 3.55. The minimum absolute atomic E-state index is 0.00521. The molecule has 0 aliphatic heterocycles. The van der Waals surface area contributed by atoms with Crippen LogP contribution in [0.5, 0.6) is 0 Å². The molecule has 0 radical (unpaired) electrons. The molecule has 19 heavy (non-hydrogen) atoms. The fourth-order valence-corrected chi connectivity index (χ4v) is 5.04. The van der Waals surface area contributed by atoms with Gasteiger partial charge >= 0.3 is 0 Å². The fraction of sp³-hybridized carbons (Fsp3) is 0.571. The number of sulfone groups is 1. The molecule has 0 aromatic heterocycles. The Morgan fingerprint density at radius 1 is 1.21 bits per heavy atom. The van der Waals surface area contributed by atoms with Gasteiger partial charge in [0.15, 0.2) is 9.84 Å². The Bertz CT molecular complexity index is 533. The van der Waals surface area contributed by atoms with Gasteiger partial charge in [0, 0.05) is 4.47 Å². The van der Waals surface area contributed by atoms with Gasteiger partial charge in [0.25, 0.3) is 0 Å². The van der Waals surface area contributed by atoms with Gasteiger partial charge < -0.3 is 5.11 Å². The SMILES string of the molecule is O=S(=O)(Cc1cccc(Br)c1)CC1(O)CCCCC1. The van der Waals surface area contributed by atoms with Crippen LogP contribution in [0.2, 0.25) is 0 Å². The Kier molecular flexibility index (Phi) is 4.69. The molecule has 5 heteroatoms. The van der Waals surface area contributed by atoms with E-state index in [2.05, 4.69) is 15.9 Å². The predicted molar refractivity (Wildman–Crippen MR) is 79.7 cm³/mol. The van der Waals surface area contributed by atoms with Crippen molar-refractivity contribution < 1.29 is 13.5 Å². The van der Waals surface area contributed by atoms with Crippen LogP contribution in [0.15, 0.2) is 28.7 Å². The molecular formula is C14H19BrO3S. The lowest BCUT2D eigenvalue weighted by atomic mass is 9.86. The normalized spacial score (nSPS) is 19.3. The Morgan fingerprint density at radius 2 is 1.89 bits per heavy atom. The van der Waals surface area contributed by atoms with Crippen molar-refractivity contribution in [2.75, 3.05) is 5.75 Å². The Labute approximate surface area is 123 Å². The van der Waals surface area contributed by atoms with Crippen LogP contribution < -0.4 is 0 Å². The molecule has 0 unspecified atom stereocenters. The predicted octanol–water partition coefficient (Wildman–Crippen LogP) is 3.06. The van der Waals surface area contributed by atoms with Crippen molar-refractivity contribution in [2.24, 2.45) is 0 Å².